The Morgan fingerprint density at radius 1 is 0.373 bits per heavy atom. The van der Waals surface area contributed by atoms with Gasteiger partial charge in [-0.25, -0.2) is 0 Å². The first kappa shape index (κ1) is 64.8. The Labute approximate surface area is 419 Å². The van der Waals surface area contributed by atoms with E-state index in [0.29, 0.717) is 12.8 Å². The Kier molecular flexibility index (Phi) is 56.3. The minimum absolute atomic E-state index is 0.0351. The Balaban J connectivity index is 3.49. The van der Waals surface area contributed by atoms with Crippen molar-refractivity contribution in [1.82, 2.24) is 5.32 Å². The molecule has 0 aromatic carbocycles. The second-order valence-electron chi connectivity index (χ2n) is 20.0. The number of rotatable bonds is 54. The smallest absolute Gasteiger partial charge is 0.220 e. The molecule has 390 valence electrons. The molecule has 0 aliphatic rings. The van der Waals surface area contributed by atoms with Crippen LogP contribution in [0.2, 0.25) is 0 Å². The number of carbonyl (C=O) groups is 1. The van der Waals surface area contributed by atoms with Crippen molar-refractivity contribution in [1.29, 1.82) is 0 Å². The monoisotopic (exact) mass is 934 g/mol. The van der Waals surface area contributed by atoms with Crippen LogP contribution in [0.1, 0.15) is 303 Å². The number of allylic oxidation sites excluding steroid dienone is 12. The Hall–Kier alpha value is -2.17. The highest BCUT2D eigenvalue weighted by Crippen LogP contribution is 2.18. The first-order valence-electron chi connectivity index (χ1n) is 29.6. The number of nitrogens with one attached hydrogen (secondary N) is 1. The van der Waals surface area contributed by atoms with Gasteiger partial charge in [-0.2, -0.15) is 0 Å². The summed E-state index contributed by atoms with van der Waals surface area (Å²) in [7, 11) is 0. The molecule has 0 spiro atoms. The van der Waals surface area contributed by atoms with Crippen LogP contribution in [-0.2, 0) is 4.79 Å². The number of unbranched alkanes of at least 4 members (excludes halogenated alkanes) is 35. The number of hydrogen-bond acceptors (Lipinski definition) is 3. The van der Waals surface area contributed by atoms with Crippen LogP contribution in [0.15, 0.2) is 72.9 Å². The van der Waals surface area contributed by atoms with E-state index < -0.39 is 12.1 Å². The molecule has 4 nitrogen and oxygen atoms in total. The van der Waals surface area contributed by atoms with Crippen LogP contribution in [0.3, 0.4) is 0 Å². The average molecular weight is 935 g/mol. The van der Waals surface area contributed by atoms with Crippen molar-refractivity contribution in [3.63, 3.8) is 0 Å². The van der Waals surface area contributed by atoms with Crippen LogP contribution in [0, 0.1) is 0 Å². The number of aliphatic hydroxyl groups is 2. The average Bonchev–Trinajstić information content (AvgIpc) is 3.33. The highest BCUT2D eigenvalue weighted by molar-refractivity contribution is 5.76. The summed E-state index contributed by atoms with van der Waals surface area (Å²) in [6.07, 6.45) is 83.2. The zero-order chi connectivity index (χ0) is 48.5. The van der Waals surface area contributed by atoms with E-state index in [0.717, 1.165) is 64.2 Å². The molecule has 0 aromatic heterocycles. The van der Waals surface area contributed by atoms with Gasteiger partial charge in [-0.15, -0.1) is 0 Å². The van der Waals surface area contributed by atoms with Crippen LogP contribution in [0.25, 0.3) is 0 Å². The lowest BCUT2D eigenvalue weighted by Gasteiger charge is -2.22. The van der Waals surface area contributed by atoms with Gasteiger partial charge in [-0.05, 0) is 64.2 Å². The summed E-state index contributed by atoms with van der Waals surface area (Å²) in [5, 5.41) is 23.4. The highest BCUT2D eigenvalue weighted by atomic mass is 16.3. The van der Waals surface area contributed by atoms with Crippen molar-refractivity contribution in [3.05, 3.63) is 72.9 Å². The fourth-order valence-corrected chi connectivity index (χ4v) is 9.01. The molecular weight excluding hydrogens is 819 g/mol. The molecule has 3 N–H and O–H groups in total. The highest BCUT2D eigenvalue weighted by Gasteiger charge is 2.20. The van der Waals surface area contributed by atoms with Crippen LogP contribution in [0.4, 0.5) is 0 Å². The third-order valence-corrected chi connectivity index (χ3v) is 13.5. The fourth-order valence-electron chi connectivity index (χ4n) is 9.01. The molecule has 2 unspecified atom stereocenters. The lowest BCUT2D eigenvalue weighted by Crippen LogP contribution is -2.45. The summed E-state index contributed by atoms with van der Waals surface area (Å²) in [6, 6.07) is -0.544. The van der Waals surface area contributed by atoms with Gasteiger partial charge in [-0.1, -0.05) is 305 Å². The summed E-state index contributed by atoms with van der Waals surface area (Å²) >= 11 is 0. The quantitative estimate of drug-likeness (QED) is 0.0420. The van der Waals surface area contributed by atoms with Gasteiger partial charge in [0.25, 0.3) is 0 Å². The standard InChI is InChI=1S/C63H115NO3/c1-3-5-7-9-11-13-15-17-19-21-23-25-27-29-31-32-33-35-37-39-41-43-45-47-49-51-53-55-57-59-63(67)64-61(60-65)62(66)58-56-54-52-50-48-46-44-42-40-38-36-34-30-28-26-24-22-20-18-16-14-12-10-8-6-4-2/h5,7,11,13,17,19,23,25,29,31,33,35,61-62,65-66H,3-4,6,8-10,12,14-16,18,20-22,24,26-28,30,32,34,36-60H2,1-2H3,(H,64,67)/b7-5-,13-11-,19-17-,25-23-,31-29-,35-33-. The number of aliphatic hydroxyl groups excluding tert-OH is 2. The molecule has 0 radical (unpaired) electrons. The molecule has 0 aromatic rings. The summed E-state index contributed by atoms with van der Waals surface area (Å²) in [5.41, 5.74) is 0. The number of carbonyl (C=O) groups excluding carboxylic acids is 1. The number of amides is 1. The van der Waals surface area contributed by atoms with E-state index in [4.69, 9.17) is 0 Å². The van der Waals surface area contributed by atoms with Crippen molar-refractivity contribution in [3.8, 4) is 0 Å². The molecule has 0 bridgehead atoms. The molecule has 1 amide bonds. The van der Waals surface area contributed by atoms with Crippen molar-refractivity contribution < 1.29 is 15.0 Å². The normalized spacial score (nSPS) is 13.3. The Bertz CT molecular complexity index is 1150. The SMILES string of the molecule is CC/C=C\C/C=C\C/C=C\C/C=C\C/C=C\C/C=C\CCCCCCCCCCCCC(=O)NC(CO)C(O)CCCCCCCCCCCCCCCCCCCCCCCCCCCC. The van der Waals surface area contributed by atoms with E-state index >= 15 is 0 Å². The second kappa shape index (κ2) is 58.1. The summed E-state index contributed by atoms with van der Waals surface area (Å²) in [5.74, 6) is -0.0351. The second-order valence-corrected chi connectivity index (χ2v) is 20.0. The predicted octanol–water partition coefficient (Wildman–Crippen LogP) is 19.8. The zero-order valence-corrected chi connectivity index (χ0v) is 44.9. The van der Waals surface area contributed by atoms with Gasteiger partial charge >= 0.3 is 0 Å². The number of hydrogen-bond donors (Lipinski definition) is 3. The van der Waals surface area contributed by atoms with E-state index in [9.17, 15) is 15.0 Å². The van der Waals surface area contributed by atoms with E-state index in [2.05, 4.69) is 92.1 Å². The van der Waals surface area contributed by atoms with Gasteiger partial charge in [0.15, 0.2) is 0 Å². The lowest BCUT2D eigenvalue weighted by molar-refractivity contribution is -0.123. The van der Waals surface area contributed by atoms with Gasteiger partial charge in [0.1, 0.15) is 0 Å². The molecule has 0 saturated heterocycles. The third-order valence-electron chi connectivity index (χ3n) is 13.5. The molecular formula is C63H115NO3. The minimum atomic E-state index is -0.667. The molecule has 4 heteroatoms. The van der Waals surface area contributed by atoms with Crippen LogP contribution in [0.5, 0.6) is 0 Å². The van der Waals surface area contributed by atoms with E-state index in [1.165, 1.54) is 212 Å². The van der Waals surface area contributed by atoms with Gasteiger partial charge in [0.05, 0.1) is 18.8 Å². The fraction of sp³-hybridized carbons (Fsp3) is 0.794. The first-order valence-corrected chi connectivity index (χ1v) is 29.6. The third kappa shape index (κ3) is 54.6. The minimum Gasteiger partial charge on any atom is -0.394 e. The molecule has 67 heavy (non-hydrogen) atoms. The Morgan fingerprint density at radius 2 is 0.657 bits per heavy atom. The van der Waals surface area contributed by atoms with Crippen LogP contribution < -0.4 is 5.32 Å². The van der Waals surface area contributed by atoms with Gasteiger partial charge in [0.2, 0.25) is 5.91 Å². The van der Waals surface area contributed by atoms with Gasteiger partial charge in [0, 0.05) is 6.42 Å². The largest absolute Gasteiger partial charge is 0.394 e. The van der Waals surface area contributed by atoms with Gasteiger partial charge < -0.3 is 15.5 Å². The van der Waals surface area contributed by atoms with Crippen LogP contribution >= 0.6 is 0 Å². The molecule has 2 atom stereocenters. The lowest BCUT2D eigenvalue weighted by atomic mass is 10.0. The van der Waals surface area contributed by atoms with E-state index in [-0.39, 0.29) is 12.5 Å². The molecule has 0 saturated carbocycles. The van der Waals surface area contributed by atoms with Crippen molar-refractivity contribution in [2.45, 2.75) is 315 Å². The summed E-state index contributed by atoms with van der Waals surface area (Å²) in [4.78, 5) is 12.5. The molecule has 0 rings (SSSR count). The van der Waals surface area contributed by atoms with Crippen molar-refractivity contribution in [2.24, 2.45) is 0 Å². The zero-order valence-electron chi connectivity index (χ0n) is 44.9. The maximum atomic E-state index is 12.5. The molecule has 0 aliphatic heterocycles. The van der Waals surface area contributed by atoms with Crippen LogP contribution in [-0.4, -0.2) is 34.9 Å². The summed E-state index contributed by atoms with van der Waals surface area (Å²) in [6.45, 7) is 4.27. The maximum Gasteiger partial charge on any atom is 0.220 e. The van der Waals surface area contributed by atoms with Crippen molar-refractivity contribution in [2.75, 3.05) is 6.61 Å². The van der Waals surface area contributed by atoms with E-state index in [1.54, 1.807) is 0 Å². The first-order chi connectivity index (χ1) is 33.2. The molecule has 0 fully saturated rings. The maximum absolute atomic E-state index is 12.5. The predicted molar refractivity (Wildman–Crippen MR) is 299 cm³/mol. The van der Waals surface area contributed by atoms with Crippen molar-refractivity contribution >= 4 is 5.91 Å². The molecule has 0 aliphatic carbocycles. The van der Waals surface area contributed by atoms with Gasteiger partial charge in [-0.3, -0.25) is 4.79 Å². The summed E-state index contributed by atoms with van der Waals surface area (Å²) < 4.78 is 0. The Morgan fingerprint density at radius 3 is 0.985 bits per heavy atom. The topological polar surface area (TPSA) is 69.6 Å². The molecule has 0 heterocycles. The van der Waals surface area contributed by atoms with E-state index in [1.807, 2.05) is 0 Å².